The molecule has 0 aliphatic heterocycles. The van der Waals surface area contributed by atoms with Crippen molar-refractivity contribution in [3.63, 3.8) is 0 Å². The first-order valence-electron chi connectivity index (χ1n) is 7.45. The third-order valence-electron chi connectivity index (χ3n) is 3.67. The Morgan fingerprint density at radius 2 is 1.84 bits per heavy atom. The van der Waals surface area contributed by atoms with E-state index in [2.05, 4.69) is 15.5 Å². The molecule has 7 heteroatoms. The zero-order chi connectivity index (χ0) is 18.0. The first-order chi connectivity index (χ1) is 12.0. The van der Waals surface area contributed by atoms with E-state index in [0.29, 0.717) is 34.5 Å². The number of amides is 1. The van der Waals surface area contributed by atoms with E-state index in [1.165, 1.54) is 7.11 Å². The quantitative estimate of drug-likeness (QED) is 0.754. The summed E-state index contributed by atoms with van der Waals surface area (Å²) in [5.41, 5.74) is 2.05. The summed E-state index contributed by atoms with van der Waals surface area (Å²) < 4.78 is 32.0. The van der Waals surface area contributed by atoms with Gasteiger partial charge in [0.2, 0.25) is 0 Å². The van der Waals surface area contributed by atoms with Crippen LogP contribution in [0, 0.1) is 18.6 Å². The van der Waals surface area contributed by atoms with Crippen molar-refractivity contribution < 1.29 is 18.3 Å². The van der Waals surface area contributed by atoms with Crippen molar-refractivity contribution in [2.24, 2.45) is 0 Å². The Morgan fingerprint density at radius 1 is 1.16 bits per heavy atom. The average molecular weight is 343 g/mol. The van der Waals surface area contributed by atoms with Gasteiger partial charge >= 0.3 is 0 Å². The van der Waals surface area contributed by atoms with Crippen LogP contribution in [0.3, 0.4) is 0 Å². The van der Waals surface area contributed by atoms with Crippen molar-refractivity contribution >= 4 is 11.6 Å². The smallest absolute Gasteiger partial charge is 0.255 e. The van der Waals surface area contributed by atoms with Crippen LogP contribution in [0.5, 0.6) is 5.75 Å². The minimum atomic E-state index is -0.820. The molecular formula is C18H15F2N3O2. The Kier molecular flexibility index (Phi) is 4.47. The number of carbonyl (C=O) groups excluding carboxylic acids is 1. The number of nitrogens with zero attached hydrogens (tertiary/aromatic N) is 1. The minimum Gasteiger partial charge on any atom is -0.496 e. The van der Waals surface area contributed by atoms with Crippen molar-refractivity contribution in [2.75, 3.05) is 12.4 Å². The maximum atomic E-state index is 13.3. The molecule has 0 saturated carbocycles. The van der Waals surface area contributed by atoms with Gasteiger partial charge in [-0.05, 0) is 31.2 Å². The van der Waals surface area contributed by atoms with E-state index < -0.39 is 17.5 Å². The molecule has 2 N–H and O–H groups in total. The number of ether oxygens (including phenoxy) is 1. The van der Waals surface area contributed by atoms with Crippen LogP contribution in [0.1, 0.15) is 16.1 Å². The molecule has 2 aromatic carbocycles. The molecule has 0 spiro atoms. The van der Waals surface area contributed by atoms with E-state index in [1.807, 2.05) is 12.1 Å². The molecule has 3 rings (SSSR count). The highest BCUT2D eigenvalue weighted by Crippen LogP contribution is 2.35. The zero-order valence-corrected chi connectivity index (χ0v) is 13.6. The van der Waals surface area contributed by atoms with Crippen molar-refractivity contribution in [1.82, 2.24) is 10.2 Å². The topological polar surface area (TPSA) is 67.0 Å². The summed E-state index contributed by atoms with van der Waals surface area (Å²) in [5, 5.41) is 9.66. The summed E-state index contributed by atoms with van der Waals surface area (Å²) in [6.07, 6.45) is 0. The Bertz CT molecular complexity index is 918. The molecule has 1 amide bonds. The fraction of sp³-hybridized carbons (Fsp3) is 0.111. The van der Waals surface area contributed by atoms with E-state index in [9.17, 15) is 13.6 Å². The Morgan fingerprint density at radius 3 is 2.52 bits per heavy atom. The molecule has 0 atom stereocenters. The number of anilines is 1. The van der Waals surface area contributed by atoms with Gasteiger partial charge in [0, 0.05) is 17.2 Å². The third kappa shape index (κ3) is 3.35. The molecular weight excluding hydrogens is 328 g/mol. The highest BCUT2D eigenvalue weighted by atomic mass is 19.1. The number of aromatic nitrogens is 2. The van der Waals surface area contributed by atoms with Crippen LogP contribution in [0.25, 0.3) is 11.3 Å². The summed E-state index contributed by atoms with van der Waals surface area (Å²) >= 11 is 0. The number of hydrogen-bond donors (Lipinski definition) is 2. The van der Waals surface area contributed by atoms with Gasteiger partial charge in [-0.25, -0.2) is 8.78 Å². The van der Waals surface area contributed by atoms with Gasteiger partial charge in [0.25, 0.3) is 5.91 Å². The first-order valence-corrected chi connectivity index (χ1v) is 7.45. The molecule has 5 nitrogen and oxygen atoms in total. The zero-order valence-electron chi connectivity index (χ0n) is 13.6. The number of nitrogens with one attached hydrogen (secondary N) is 2. The first kappa shape index (κ1) is 16.6. The van der Waals surface area contributed by atoms with Gasteiger partial charge in [0.1, 0.15) is 23.1 Å². The maximum Gasteiger partial charge on any atom is 0.255 e. The second-order valence-corrected chi connectivity index (χ2v) is 5.38. The minimum absolute atomic E-state index is 0.121. The van der Waals surface area contributed by atoms with E-state index in [-0.39, 0.29) is 5.56 Å². The molecule has 0 saturated heterocycles. The number of halogens is 2. The third-order valence-corrected chi connectivity index (χ3v) is 3.67. The fourth-order valence-corrected chi connectivity index (χ4v) is 2.49. The summed E-state index contributed by atoms with van der Waals surface area (Å²) in [5.74, 6) is -1.70. The average Bonchev–Trinajstić information content (AvgIpc) is 2.94. The lowest BCUT2D eigenvalue weighted by molar-refractivity contribution is 0.102. The number of methoxy groups -OCH3 is 1. The Balaban J connectivity index is 1.99. The lowest BCUT2D eigenvalue weighted by Gasteiger charge is -2.10. The molecule has 1 aromatic heterocycles. The van der Waals surface area contributed by atoms with E-state index >= 15 is 0 Å². The van der Waals surface area contributed by atoms with Gasteiger partial charge in [-0.15, -0.1) is 0 Å². The fourth-order valence-electron chi connectivity index (χ4n) is 2.49. The largest absolute Gasteiger partial charge is 0.496 e. The predicted octanol–water partition coefficient (Wildman–Crippen LogP) is 3.92. The second kappa shape index (κ2) is 6.72. The number of rotatable bonds is 4. The Labute approximate surface area is 142 Å². The highest BCUT2D eigenvalue weighted by Gasteiger charge is 2.19. The number of aryl methyl sites for hydroxylation is 1. The van der Waals surface area contributed by atoms with E-state index in [4.69, 9.17) is 4.74 Å². The normalized spacial score (nSPS) is 10.6. The van der Waals surface area contributed by atoms with Crippen molar-refractivity contribution in [1.29, 1.82) is 0 Å². The number of carbonyl (C=O) groups is 1. The Hall–Kier alpha value is -3.22. The molecule has 128 valence electrons. The maximum absolute atomic E-state index is 13.3. The molecule has 0 unspecified atom stereocenters. The van der Waals surface area contributed by atoms with Crippen molar-refractivity contribution in [3.8, 4) is 17.0 Å². The summed E-state index contributed by atoms with van der Waals surface area (Å²) in [7, 11) is 1.53. The van der Waals surface area contributed by atoms with Crippen LogP contribution in [-0.4, -0.2) is 23.2 Å². The van der Waals surface area contributed by atoms with Gasteiger partial charge in [0.15, 0.2) is 0 Å². The molecule has 1 heterocycles. The molecule has 0 bridgehead atoms. The predicted molar refractivity (Wildman–Crippen MR) is 89.6 cm³/mol. The van der Waals surface area contributed by atoms with Gasteiger partial charge < -0.3 is 10.1 Å². The molecule has 25 heavy (non-hydrogen) atoms. The van der Waals surface area contributed by atoms with Crippen LogP contribution in [0.2, 0.25) is 0 Å². The lowest BCUT2D eigenvalue weighted by atomic mass is 10.1. The summed E-state index contributed by atoms with van der Waals surface area (Å²) in [6.45, 7) is 1.73. The van der Waals surface area contributed by atoms with Crippen molar-refractivity contribution in [3.05, 3.63) is 65.4 Å². The molecule has 0 aliphatic carbocycles. The number of benzene rings is 2. The molecule has 0 fully saturated rings. The van der Waals surface area contributed by atoms with Gasteiger partial charge in [-0.1, -0.05) is 12.1 Å². The summed E-state index contributed by atoms with van der Waals surface area (Å²) in [6, 6.07) is 9.84. The van der Waals surface area contributed by atoms with Gasteiger partial charge in [-0.3, -0.25) is 9.89 Å². The monoisotopic (exact) mass is 343 g/mol. The second-order valence-electron chi connectivity index (χ2n) is 5.38. The SMILES string of the molecule is COc1ccccc1-c1n[nH]c(C)c1NC(=O)c1cc(F)cc(F)c1. The van der Waals surface area contributed by atoms with E-state index in [1.54, 1.807) is 19.1 Å². The van der Waals surface area contributed by atoms with Gasteiger partial charge in [-0.2, -0.15) is 5.10 Å². The molecule has 0 radical (unpaired) electrons. The van der Waals surface area contributed by atoms with Crippen LogP contribution >= 0.6 is 0 Å². The molecule has 3 aromatic rings. The standard InChI is InChI=1S/C18H15F2N3O2/c1-10-16(21-18(24)11-7-12(19)9-13(20)8-11)17(23-22-10)14-5-3-4-6-15(14)25-2/h3-9H,1-2H3,(H,21,24)(H,22,23). The number of aromatic amines is 1. The van der Waals surface area contributed by atoms with Crippen LogP contribution in [0.4, 0.5) is 14.5 Å². The number of H-pyrrole nitrogens is 1. The van der Waals surface area contributed by atoms with E-state index in [0.717, 1.165) is 12.1 Å². The number of para-hydroxylation sites is 1. The van der Waals surface area contributed by atoms with Crippen LogP contribution < -0.4 is 10.1 Å². The highest BCUT2D eigenvalue weighted by molar-refractivity contribution is 6.06. The van der Waals surface area contributed by atoms with Gasteiger partial charge in [0.05, 0.1) is 18.5 Å². The van der Waals surface area contributed by atoms with Crippen LogP contribution in [0.15, 0.2) is 42.5 Å². The summed E-state index contributed by atoms with van der Waals surface area (Å²) in [4.78, 5) is 12.4. The lowest BCUT2D eigenvalue weighted by Crippen LogP contribution is -2.13. The molecule has 0 aliphatic rings. The van der Waals surface area contributed by atoms with Crippen molar-refractivity contribution in [2.45, 2.75) is 6.92 Å². The number of hydrogen-bond acceptors (Lipinski definition) is 3. The van der Waals surface area contributed by atoms with Crippen LogP contribution in [-0.2, 0) is 0 Å².